The van der Waals surface area contributed by atoms with Crippen molar-refractivity contribution < 1.29 is 13.2 Å². The largest absolute Gasteiger partial charge is 0.417 e. The van der Waals surface area contributed by atoms with Gasteiger partial charge in [-0.25, -0.2) is 0 Å². The van der Waals surface area contributed by atoms with Gasteiger partial charge in [0.15, 0.2) is 0 Å². The molecule has 0 aliphatic heterocycles. The molecule has 0 spiro atoms. The third-order valence-corrected chi connectivity index (χ3v) is 2.41. The van der Waals surface area contributed by atoms with Crippen molar-refractivity contribution in [2.75, 3.05) is 7.05 Å². The average Bonchev–Trinajstić information content (AvgIpc) is 2.09. The first-order chi connectivity index (χ1) is 6.86. The zero-order valence-corrected chi connectivity index (χ0v) is 9.13. The Balaban J connectivity index is 3.28. The van der Waals surface area contributed by atoms with Crippen LogP contribution >= 0.6 is 11.6 Å². The van der Waals surface area contributed by atoms with Gasteiger partial charge in [-0.05, 0) is 25.6 Å². The smallest absolute Gasteiger partial charge is 0.316 e. The molecule has 0 aliphatic rings. The van der Waals surface area contributed by atoms with Crippen LogP contribution in [-0.2, 0) is 12.7 Å². The van der Waals surface area contributed by atoms with Gasteiger partial charge >= 0.3 is 6.18 Å². The van der Waals surface area contributed by atoms with Crippen molar-refractivity contribution in [2.45, 2.75) is 19.6 Å². The summed E-state index contributed by atoms with van der Waals surface area (Å²) in [6.45, 7) is 1.94. The molecule has 1 nitrogen and oxygen atoms in total. The molecule has 1 N–H and O–H groups in total. The fourth-order valence-corrected chi connectivity index (χ4v) is 1.65. The summed E-state index contributed by atoms with van der Waals surface area (Å²) in [6, 6.07) is 2.70. The van der Waals surface area contributed by atoms with Gasteiger partial charge in [0, 0.05) is 6.54 Å². The number of alkyl halides is 3. The highest BCUT2D eigenvalue weighted by atomic mass is 35.5. The fraction of sp³-hybridized carbons (Fsp3) is 0.400. The summed E-state index contributed by atoms with van der Waals surface area (Å²) in [6.07, 6.45) is -4.40. The molecule has 0 heterocycles. The molecule has 84 valence electrons. The van der Waals surface area contributed by atoms with Gasteiger partial charge in [0.25, 0.3) is 0 Å². The first-order valence-electron chi connectivity index (χ1n) is 4.37. The van der Waals surface area contributed by atoms with Gasteiger partial charge < -0.3 is 5.32 Å². The van der Waals surface area contributed by atoms with E-state index in [2.05, 4.69) is 5.32 Å². The SMILES string of the molecule is CNCc1cc(C)cc(C(F)(F)F)c1Cl. The molecular weight excluding hydrogens is 227 g/mol. The summed E-state index contributed by atoms with van der Waals surface area (Å²) >= 11 is 5.68. The Kier molecular flexibility index (Phi) is 3.62. The lowest BCUT2D eigenvalue weighted by molar-refractivity contribution is -0.137. The number of hydrogen-bond acceptors (Lipinski definition) is 1. The molecule has 0 amide bonds. The first kappa shape index (κ1) is 12.3. The molecule has 1 aromatic rings. The Morgan fingerprint density at radius 2 is 1.93 bits per heavy atom. The maximum absolute atomic E-state index is 12.5. The highest BCUT2D eigenvalue weighted by Gasteiger charge is 2.34. The topological polar surface area (TPSA) is 12.0 Å². The van der Waals surface area contributed by atoms with E-state index in [9.17, 15) is 13.2 Å². The van der Waals surface area contributed by atoms with Crippen LogP contribution in [-0.4, -0.2) is 7.05 Å². The second-order valence-electron chi connectivity index (χ2n) is 3.31. The third-order valence-electron chi connectivity index (χ3n) is 1.96. The summed E-state index contributed by atoms with van der Waals surface area (Å²) < 4.78 is 37.6. The fourth-order valence-electron chi connectivity index (χ4n) is 1.37. The standard InChI is InChI=1S/C10H11ClF3N/c1-6-3-7(5-15-2)9(11)8(4-6)10(12,13)14/h3-4,15H,5H2,1-2H3. The molecule has 0 atom stereocenters. The van der Waals surface area contributed by atoms with Crippen molar-refractivity contribution >= 4 is 11.6 Å². The normalized spacial score (nSPS) is 11.9. The van der Waals surface area contributed by atoms with Crippen LogP contribution in [0.5, 0.6) is 0 Å². The van der Waals surface area contributed by atoms with Crippen molar-refractivity contribution in [2.24, 2.45) is 0 Å². The van der Waals surface area contributed by atoms with Crippen LogP contribution in [0.3, 0.4) is 0 Å². The summed E-state index contributed by atoms with van der Waals surface area (Å²) in [5.41, 5.74) is 0.248. The van der Waals surface area contributed by atoms with Crippen molar-refractivity contribution in [3.63, 3.8) is 0 Å². The molecule has 0 fully saturated rings. The Morgan fingerprint density at radius 1 is 1.33 bits per heavy atom. The molecule has 5 heteroatoms. The predicted molar refractivity (Wildman–Crippen MR) is 54.0 cm³/mol. The second kappa shape index (κ2) is 4.41. The number of nitrogens with one attached hydrogen (secondary N) is 1. The maximum Gasteiger partial charge on any atom is 0.417 e. The second-order valence-corrected chi connectivity index (χ2v) is 3.69. The molecule has 15 heavy (non-hydrogen) atoms. The lowest BCUT2D eigenvalue weighted by Gasteiger charge is -2.13. The van der Waals surface area contributed by atoms with Crippen LogP contribution in [0.1, 0.15) is 16.7 Å². The van der Waals surface area contributed by atoms with Crippen LogP contribution in [0.25, 0.3) is 0 Å². The summed E-state index contributed by atoms with van der Waals surface area (Å²) in [5.74, 6) is 0. The molecular formula is C10H11ClF3N. The molecule has 0 saturated carbocycles. The van der Waals surface area contributed by atoms with Gasteiger partial charge in [0.05, 0.1) is 10.6 Å². The predicted octanol–water partition coefficient (Wildman–Crippen LogP) is 3.39. The Labute approximate surface area is 91.2 Å². The zero-order chi connectivity index (χ0) is 11.6. The van der Waals surface area contributed by atoms with Gasteiger partial charge in [-0.15, -0.1) is 0 Å². The summed E-state index contributed by atoms with van der Waals surface area (Å²) in [7, 11) is 1.66. The van der Waals surface area contributed by atoms with Crippen LogP contribution in [0.15, 0.2) is 12.1 Å². The number of rotatable bonds is 2. The maximum atomic E-state index is 12.5. The molecule has 0 unspecified atom stereocenters. The quantitative estimate of drug-likeness (QED) is 0.832. The highest BCUT2D eigenvalue weighted by Crippen LogP contribution is 2.37. The summed E-state index contributed by atoms with van der Waals surface area (Å²) in [5, 5.41) is 2.56. The van der Waals surface area contributed by atoms with E-state index in [1.165, 1.54) is 0 Å². The lowest BCUT2D eigenvalue weighted by Crippen LogP contribution is -2.11. The van der Waals surface area contributed by atoms with E-state index < -0.39 is 11.7 Å². The number of benzene rings is 1. The van der Waals surface area contributed by atoms with Crippen LogP contribution in [0.2, 0.25) is 5.02 Å². The van der Waals surface area contributed by atoms with E-state index in [4.69, 9.17) is 11.6 Å². The monoisotopic (exact) mass is 237 g/mol. The number of halogens is 4. The van der Waals surface area contributed by atoms with Crippen molar-refractivity contribution in [3.05, 3.63) is 33.8 Å². The van der Waals surface area contributed by atoms with Crippen molar-refractivity contribution in [3.8, 4) is 0 Å². The Morgan fingerprint density at radius 3 is 2.40 bits per heavy atom. The summed E-state index contributed by atoms with van der Waals surface area (Å²) in [4.78, 5) is 0. The van der Waals surface area contributed by atoms with Crippen molar-refractivity contribution in [1.29, 1.82) is 0 Å². The molecule has 0 aromatic heterocycles. The van der Waals surface area contributed by atoms with Gasteiger partial charge in [0.1, 0.15) is 0 Å². The molecule has 0 bridgehead atoms. The van der Waals surface area contributed by atoms with Crippen LogP contribution < -0.4 is 5.32 Å². The van der Waals surface area contributed by atoms with Crippen molar-refractivity contribution in [1.82, 2.24) is 5.32 Å². The van der Waals surface area contributed by atoms with Crippen LogP contribution in [0.4, 0.5) is 13.2 Å². The van der Waals surface area contributed by atoms with Gasteiger partial charge in [-0.3, -0.25) is 0 Å². The van der Waals surface area contributed by atoms with Gasteiger partial charge in [-0.1, -0.05) is 23.2 Å². The van der Waals surface area contributed by atoms with E-state index in [-0.39, 0.29) is 5.02 Å². The van der Waals surface area contributed by atoms with E-state index in [0.29, 0.717) is 17.7 Å². The Hall–Kier alpha value is -0.740. The minimum absolute atomic E-state index is 0.220. The van der Waals surface area contributed by atoms with Gasteiger partial charge in [0.2, 0.25) is 0 Å². The van der Waals surface area contributed by atoms with E-state index in [1.54, 1.807) is 20.0 Å². The lowest BCUT2D eigenvalue weighted by atomic mass is 10.1. The molecule has 1 aromatic carbocycles. The van der Waals surface area contributed by atoms with E-state index in [1.807, 2.05) is 0 Å². The van der Waals surface area contributed by atoms with Gasteiger partial charge in [-0.2, -0.15) is 13.2 Å². The van der Waals surface area contributed by atoms with Crippen LogP contribution in [0, 0.1) is 6.92 Å². The third kappa shape index (κ3) is 2.86. The minimum atomic E-state index is -4.40. The molecule has 1 rings (SSSR count). The number of hydrogen-bond donors (Lipinski definition) is 1. The highest BCUT2D eigenvalue weighted by molar-refractivity contribution is 6.32. The molecule has 0 aliphatic carbocycles. The van der Waals surface area contributed by atoms with E-state index >= 15 is 0 Å². The molecule has 0 saturated heterocycles. The number of aryl methyl sites for hydroxylation is 1. The van der Waals surface area contributed by atoms with E-state index in [0.717, 1.165) is 6.07 Å². The zero-order valence-electron chi connectivity index (χ0n) is 8.37. The first-order valence-corrected chi connectivity index (χ1v) is 4.75. The minimum Gasteiger partial charge on any atom is -0.316 e. The molecule has 0 radical (unpaired) electrons. The average molecular weight is 238 g/mol. The Bertz CT molecular complexity index is 360.